The molecule has 9 heteroatoms. The van der Waals surface area contributed by atoms with Crippen molar-refractivity contribution in [2.75, 3.05) is 0 Å². The number of fused-ring (bicyclic) bond motifs is 1. The zero-order valence-corrected chi connectivity index (χ0v) is 17.2. The number of alkyl halides is 3. The number of halogens is 3. The van der Waals surface area contributed by atoms with Crippen molar-refractivity contribution in [2.45, 2.75) is 32.7 Å². The fourth-order valence-electron chi connectivity index (χ4n) is 3.51. The first-order valence-corrected chi connectivity index (χ1v) is 9.93. The van der Waals surface area contributed by atoms with E-state index in [0.29, 0.717) is 28.0 Å². The van der Waals surface area contributed by atoms with E-state index in [-0.39, 0.29) is 26.1 Å². The summed E-state index contributed by atoms with van der Waals surface area (Å²) >= 11 is 0. The molecule has 34 heavy (non-hydrogen) atoms. The van der Waals surface area contributed by atoms with Crippen LogP contribution in [0.25, 0.3) is 22.1 Å². The molecule has 0 unspecified atom stereocenters. The molecule has 3 N–H and O–H groups in total. The Kier molecular flexibility index (Phi) is 7.26. The van der Waals surface area contributed by atoms with E-state index in [9.17, 15) is 18.0 Å². The van der Waals surface area contributed by atoms with Gasteiger partial charge in [0.05, 0.1) is 18.4 Å². The van der Waals surface area contributed by atoms with E-state index < -0.39 is 18.2 Å². The van der Waals surface area contributed by atoms with Gasteiger partial charge in [-0.1, -0.05) is 25.6 Å². The molecule has 2 aromatic heterocycles. The average Bonchev–Trinajstić information content (AvgIpc) is 3.25. The largest absolute Gasteiger partial charge is 0.489 e. The van der Waals surface area contributed by atoms with Crippen molar-refractivity contribution in [3.8, 4) is 16.9 Å². The lowest BCUT2D eigenvalue weighted by Crippen LogP contribution is -2.29. The maximum atomic E-state index is 13.1. The van der Waals surface area contributed by atoms with E-state index >= 15 is 0 Å². The number of hydrogen-bond acceptors (Lipinski definition) is 5. The van der Waals surface area contributed by atoms with Crippen molar-refractivity contribution in [2.24, 2.45) is 5.73 Å². The van der Waals surface area contributed by atoms with Crippen molar-refractivity contribution < 1.29 is 32.2 Å². The van der Waals surface area contributed by atoms with E-state index in [2.05, 4.69) is 4.98 Å². The average molecular weight is 472 g/mol. The van der Waals surface area contributed by atoms with Gasteiger partial charge in [-0.15, -0.1) is 0 Å². The van der Waals surface area contributed by atoms with Crippen molar-refractivity contribution in [3.63, 3.8) is 0 Å². The van der Waals surface area contributed by atoms with E-state index in [0.717, 1.165) is 10.9 Å². The smallest absolute Gasteiger partial charge is 0.409 e. The Morgan fingerprint density at radius 3 is 2.65 bits per heavy atom. The number of furan rings is 1. The van der Waals surface area contributed by atoms with Gasteiger partial charge >= 0.3 is 12.1 Å². The van der Waals surface area contributed by atoms with Gasteiger partial charge in [-0.05, 0) is 47.5 Å². The van der Waals surface area contributed by atoms with E-state index in [1.165, 1.54) is 18.5 Å². The van der Waals surface area contributed by atoms with Crippen molar-refractivity contribution in [1.29, 1.82) is 0 Å². The maximum Gasteiger partial charge on any atom is 0.409 e. The van der Waals surface area contributed by atoms with Crippen LogP contribution >= 0.6 is 0 Å². The minimum atomic E-state index is -4.62. The maximum absolute atomic E-state index is 13.1. The standard InChI is InChI=1S/C24H19F3N2O4.CH4/c25-24(26,27)23(28)19-11-15(5-7-29-19)18-10-14(9-17-6-8-32-22(17)18)13-33-20-4-2-1-3-16(20)12-21(30)31;/h1-11,23H,12-13,28H2,(H,30,31);1H4/t23-;/m0./s1. The molecule has 0 fully saturated rings. The number of carbonyl (C=O) groups is 1. The van der Waals surface area contributed by atoms with E-state index in [1.807, 2.05) is 6.07 Å². The second kappa shape index (κ2) is 9.96. The Morgan fingerprint density at radius 1 is 1.15 bits per heavy atom. The summed E-state index contributed by atoms with van der Waals surface area (Å²) in [6.45, 7) is 0.116. The SMILES string of the molecule is C.N[C@@H](c1cc(-c2cc(COc3ccccc3CC(=O)O)cc3ccoc23)ccn1)C(F)(F)F. The lowest BCUT2D eigenvalue weighted by Gasteiger charge is -2.16. The van der Waals surface area contributed by atoms with Gasteiger partial charge in [0.25, 0.3) is 0 Å². The topological polar surface area (TPSA) is 98.6 Å². The second-order valence-electron chi connectivity index (χ2n) is 7.44. The molecule has 0 bridgehead atoms. The molecule has 1 atom stereocenters. The number of hydrogen-bond donors (Lipinski definition) is 2. The van der Waals surface area contributed by atoms with Gasteiger partial charge in [0.15, 0.2) is 0 Å². The highest BCUT2D eigenvalue weighted by atomic mass is 19.4. The summed E-state index contributed by atoms with van der Waals surface area (Å²) in [5.41, 5.74) is 7.82. The highest BCUT2D eigenvalue weighted by Gasteiger charge is 2.39. The monoisotopic (exact) mass is 472 g/mol. The van der Waals surface area contributed by atoms with E-state index in [1.54, 1.807) is 42.5 Å². The van der Waals surface area contributed by atoms with Crippen LogP contribution in [0.4, 0.5) is 13.2 Å². The van der Waals surface area contributed by atoms with Crippen LogP contribution in [-0.2, 0) is 17.8 Å². The van der Waals surface area contributed by atoms with E-state index in [4.69, 9.17) is 20.0 Å². The Morgan fingerprint density at radius 2 is 1.91 bits per heavy atom. The Labute approximate surface area is 193 Å². The van der Waals surface area contributed by atoms with Gasteiger partial charge in [0.1, 0.15) is 24.0 Å². The van der Waals surface area contributed by atoms with Crippen LogP contribution in [0.2, 0.25) is 0 Å². The van der Waals surface area contributed by atoms with Gasteiger partial charge in [0, 0.05) is 22.7 Å². The molecule has 0 spiro atoms. The van der Waals surface area contributed by atoms with Crippen molar-refractivity contribution in [1.82, 2.24) is 4.98 Å². The molecule has 2 heterocycles. The normalized spacial score (nSPS) is 12.2. The Balaban J connectivity index is 0.00000324. The quantitative estimate of drug-likeness (QED) is 0.348. The number of pyridine rings is 1. The zero-order valence-electron chi connectivity index (χ0n) is 17.2. The molecule has 4 rings (SSSR count). The molecular weight excluding hydrogens is 449 g/mol. The molecule has 0 amide bonds. The number of nitrogens with two attached hydrogens (primary N) is 1. The third kappa shape index (κ3) is 5.37. The summed E-state index contributed by atoms with van der Waals surface area (Å²) in [5, 5.41) is 9.83. The van der Waals surface area contributed by atoms with Gasteiger partial charge in [-0.25, -0.2) is 0 Å². The lowest BCUT2D eigenvalue weighted by atomic mass is 9.99. The minimum absolute atomic E-state index is 0. The molecule has 4 aromatic rings. The molecule has 0 aliphatic carbocycles. The number of aliphatic carboxylic acids is 1. The van der Waals surface area contributed by atoms with Gasteiger partial charge in [-0.2, -0.15) is 13.2 Å². The summed E-state index contributed by atoms with van der Waals surface area (Å²) in [5.74, 6) is -0.533. The molecule has 0 aliphatic rings. The van der Waals surface area contributed by atoms with Gasteiger partial charge < -0.3 is 20.0 Å². The first-order chi connectivity index (χ1) is 15.7. The highest BCUT2D eigenvalue weighted by Crippen LogP contribution is 2.35. The number of nitrogens with zero attached hydrogens (tertiary/aromatic N) is 1. The number of carboxylic acid groups (broad SMARTS) is 1. The summed E-state index contributed by atoms with van der Waals surface area (Å²) in [4.78, 5) is 14.9. The molecule has 178 valence electrons. The zero-order chi connectivity index (χ0) is 23.6. The molecule has 0 radical (unpaired) electrons. The summed E-state index contributed by atoms with van der Waals surface area (Å²) in [6.07, 6.45) is -2.03. The molecule has 0 saturated heterocycles. The van der Waals surface area contributed by atoms with Gasteiger partial charge in [0.2, 0.25) is 0 Å². The predicted molar refractivity (Wildman–Crippen MR) is 121 cm³/mol. The molecule has 2 aromatic carbocycles. The van der Waals surface area contributed by atoms with Gasteiger partial charge in [-0.3, -0.25) is 9.78 Å². The second-order valence-corrected chi connectivity index (χ2v) is 7.44. The number of ether oxygens (including phenoxy) is 1. The van der Waals surface area contributed by atoms with Crippen LogP contribution < -0.4 is 10.5 Å². The minimum Gasteiger partial charge on any atom is -0.489 e. The molecular formula is C25H23F3N2O4. The molecule has 0 aliphatic heterocycles. The molecule has 6 nitrogen and oxygen atoms in total. The number of rotatable bonds is 7. The number of benzene rings is 2. The summed E-state index contributed by atoms with van der Waals surface area (Å²) in [7, 11) is 0. The number of carboxylic acids is 1. The summed E-state index contributed by atoms with van der Waals surface area (Å²) in [6, 6.07) is 12.8. The third-order valence-electron chi connectivity index (χ3n) is 5.08. The van der Waals surface area contributed by atoms with Crippen LogP contribution in [0, 0.1) is 0 Å². The first kappa shape index (κ1) is 24.8. The number of para-hydroxylation sites is 1. The Hall–Kier alpha value is -3.85. The molecule has 0 saturated carbocycles. The van der Waals surface area contributed by atoms with Crippen LogP contribution in [0.3, 0.4) is 0 Å². The van der Waals surface area contributed by atoms with Crippen LogP contribution in [0.1, 0.15) is 30.3 Å². The first-order valence-electron chi connectivity index (χ1n) is 9.93. The number of aromatic nitrogens is 1. The third-order valence-corrected chi connectivity index (χ3v) is 5.08. The van der Waals surface area contributed by atoms with Crippen LogP contribution in [0.15, 0.2) is 71.5 Å². The fraction of sp³-hybridized carbons (Fsp3) is 0.200. The fourth-order valence-corrected chi connectivity index (χ4v) is 3.51. The van der Waals surface area contributed by atoms with Crippen molar-refractivity contribution in [3.05, 3.63) is 83.9 Å². The highest BCUT2D eigenvalue weighted by molar-refractivity contribution is 5.93. The Bertz CT molecular complexity index is 1300. The van der Waals surface area contributed by atoms with Crippen LogP contribution in [-0.4, -0.2) is 22.2 Å². The summed E-state index contributed by atoms with van der Waals surface area (Å²) < 4.78 is 50.7. The van der Waals surface area contributed by atoms with Crippen molar-refractivity contribution >= 4 is 16.9 Å². The lowest BCUT2D eigenvalue weighted by molar-refractivity contribution is -0.150. The van der Waals surface area contributed by atoms with Crippen LogP contribution in [0.5, 0.6) is 5.75 Å². The predicted octanol–water partition coefficient (Wildman–Crippen LogP) is 5.90.